The number of nitrogens with zero attached hydrogens (tertiary/aromatic N) is 2. The lowest BCUT2D eigenvalue weighted by atomic mass is 9.73. The van der Waals surface area contributed by atoms with Gasteiger partial charge in [0.05, 0.1) is 5.56 Å². The number of hydrogen-bond donors (Lipinski definition) is 1. The molecule has 0 saturated carbocycles. The van der Waals surface area contributed by atoms with Crippen LogP contribution in [-0.2, 0) is 6.18 Å². The van der Waals surface area contributed by atoms with Crippen molar-refractivity contribution in [1.29, 1.82) is 0 Å². The number of carbonyl (C=O) groups excluding carboxylic acids is 2. The second-order valence-corrected chi connectivity index (χ2v) is 10.6. The first-order valence-corrected chi connectivity index (χ1v) is 13.5. The first kappa shape index (κ1) is 27.6. The molecule has 6 nitrogen and oxygen atoms in total. The molecule has 2 aliphatic rings. The number of likely N-dealkylation sites (tertiary alicyclic amines) is 2. The van der Waals surface area contributed by atoms with Crippen LogP contribution < -0.4 is 10.1 Å². The maximum absolute atomic E-state index is 13.4. The zero-order valence-corrected chi connectivity index (χ0v) is 22.3. The molecule has 2 heterocycles. The zero-order chi connectivity index (χ0) is 28.3. The van der Waals surface area contributed by atoms with Crippen molar-refractivity contribution in [3.8, 4) is 11.5 Å². The van der Waals surface area contributed by atoms with Gasteiger partial charge in [-0.1, -0.05) is 0 Å². The summed E-state index contributed by atoms with van der Waals surface area (Å²) in [6.07, 6.45) is -0.686. The predicted octanol–water partition coefficient (Wildman–Crippen LogP) is 6.70. The molecule has 3 aromatic carbocycles. The molecule has 0 aliphatic carbocycles. The van der Waals surface area contributed by atoms with Gasteiger partial charge in [-0.05, 0) is 98.5 Å². The summed E-state index contributed by atoms with van der Waals surface area (Å²) in [7, 11) is 1.84. The summed E-state index contributed by atoms with van der Waals surface area (Å²) in [4.78, 5) is 30.5. The molecule has 2 fully saturated rings. The number of anilines is 1. The Morgan fingerprint density at radius 2 is 1.20 bits per heavy atom. The zero-order valence-electron chi connectivity index (χ0n) is 22.3. The lowest BCUT2D eigenvalue weighted by Crippen LogP contribution is -2.54. The van der Waals surface area contributed by atoms with E-state index in [1.165, 1.54) is 12.1 Å². The molecular formula is C31H32F3N3O3. The molecule has 0 radical (unpaired) electrons. The number of amides is 2. The van der Waals surface area contributed by atoms with Crippen LogP contribution in [0, 0.1) is 5.41 Å². The smallest absolute Gasteiger partial charge is 0.416 e. The van der Waals surface area contributed by atoms with Gasteiger partial charge in [0.1, 0.15) is 11.5 Å². The highest BCUT2D eigenvalue weighted by Crippen LogP contribution is 2.39. The lowest BCUT2D eigenvalue weighted by Gasteiger charge is -2.48. The fourth-order valence-electron chi connectivity index (χ4n) is 5.75. The molecule has 3 aromatic rings. The Labute approximate surface area is 231 Å². The first-order valence-electron chi connectivity index (χ1n) is 13.5. The molecular weight excluding hydrogens is 519 g/mol. The maximum Gasteiger partial charge on any atom is 0.416 e. The van der Waals surface area contributed by atoms with Crippen LogP contribution in [0.1, 0.15) is 52.0 Å². The van der Waals surface area contributed by atoms with E-state index in [1.807, 2.05) is 41.1 Å². The van der Waals surface area contributed by atoms with Crippen molar-refractivity contribution in [2.24, 2.45) is 5.41 Å². The third-order valence-electron chi connectivity index (χ3n) is 7.84. The topological polar surface area (TPSA) is 61.9 Å². The molecule has 0 aromatic heterocycles. The van der Waals surface area contributed by atoms with Crippen LogP contribution in [0.25, 0.3) is 0 Å². The summed E-state index contributed by atoms with van der Waals surface area (Å²) in [5, 5.41) is 3.06. The van der Waals surface area contributed by atoms with Crippen LogP contribution in [0.2, 0.25) is 0 Å². The van der Waals surface area contributed by atoms with E-state index < -0.39 is 11.7 Å². The van der Waals surface area contributed by atoms with E-state index >= 15 is 0 Å². The van der Waals surface area contributed by atoms with Crippen LogP contribution >= 0.6 is 0 Å². The van der Waals surface area contributed by atoms with Crippen molar-refractivity contribution in [3.63, 3.8) is 0 Å². The van der Waals surface area contributed by atoms with E-state index in [2.05, 4.69) is 5.32 Å². The van der Waals surface area contributed by atoms with Crippen molar-refractivity contribution in [2.45, 2.75) is 31.9 Å². The minimum absolute atomic E-state index is 0.0220. The summed E-state index contributed by atoms with van der Waals surface area (Å²) in [6.45, 7) is 2.59. The number of benzene rings is 3. The summed E-state index contributed by atoms with van der Waals surface area (Å²) in [6, 6.07) is 18.6. The van der Waals surface area contributed by atoms with Gasteiger partial charge in [0.15, 0.2) is 0 Å². The van der Waals surface area contributed by atoms with Crippen molar-refractivity contribution in [1.82, 2.24) is 9.80 Å². The van der Waals surface area contributed by atoms with Gasteiger partial charge in [0.25, 0.3) is 11.8 Å². The first-order chi connectivity index (χ1) is 19.2. The molecule has 9 heteroatoms. The van der Waals surface area contributed by atoms with Crippen LogP contribution in [0.4, 0.5) is 18.9 Å². The second kappa shape index (κ2) is 11.2. The average molecular weight is 552 g/mol. The van der Waals surface area contributed by atoms with Gasteiger partial charge in [-0.15, -0.1) is 0 Å². The van der Waals surface area contributed by atoms with Gasteiger partial charge in [0.2, 0.25) is 0 Å². The molecule has 1 atom stereocenters. The summed E-state index contributed by atoms with van der Waals surface area (Å²) in [5.74, 6) is 0.648. The van der Waals surface area contributed by atoms with Gasteiger partial charge in [0, 0.05) is 55.5 Å². The van der Waals surface area contributed by atoms with Crippen LogP contribution in [0.5, 0.6) is 11.5 Å². The number of ether oxygens (including phenoxy) is 1. The highest BCUT2D eigenvalue weighted by molar-refractivity contribution is 5.95. The average Bonchev–Trinajstić information content (AvgIpc) is 2.97. The number of carbonyl (C=O) groups is 2. The number of rotatable bonds is 5. The second-order valence-electron chi connectivity index (χ2n) is 10.6. The molecule has 40 heavy (non-hydrogen) atoms. The summed E-state index contributed by atoms with van der Waals surface area (Å²) < 4.78 is 44.0. The van der Waals surface area contributed by atoms with Crippen LogP contribution in [0.3, 0.4) is 0 Å². The maximum atomic E-state index is 13.4. The third kappa shape index (κ3) is 6.08. The van der Waals surface area contributed by atoms with Gasteiger partial charge >= 0.3 is 6.18 Å². The quantitative estimate of drug-likeness (QED) is 0.384. The molecule has 210 valence electrons. The van der Waals surface area contributed by atoms with Crippen molar-refractivity contribution in [2.75, 3.05) is 38.5 Å². The Balaban J connectivity index is 1.22. The van der Waals surface area contributed by atoms with Crippen LogP contribution in [0.15, 0.2) is 72.8 Å². The molecule has 2 amide bonds. The predicted molar refractivity (Wildman–Crippen MR) is 147 cm³/mol. The highest BCUT2D eigenvalue weighted by Gasteiger charge is 2.42. The largest absolute Gasteiger partial charge is 0.457 e. The molecule has 0 bridgehead atoms. The van der Waals surface area contributed by atoms with E-state index in [-0.39, 0.29) is 23.0 Å². The Kier molecular flexibility index (Phi) is 7.74. The standard InChI is InChI=1S/C31H32F3N3O3/c1-35-25-10-4-22(5-11-25)28(38)36-18-2-16-30(20-36)17-3-19-37(21-30)29(39)23-6-12-26(13-7-23)40-27-14-8-24(9-15-27)31(32,33)34/h4-15,35H,2-3,16-21H2,1H3. The molecule has 1 N–H and O–H groups in total. The number of piperidine rings is 2. The van der Waals surface area contributed by atoms with Crippen molar-refractivity contribution in [3.05, 3.63) is 89.5 Å². The fraction of sp³-hybridized carbons (Fsp3) is 0.355. The van der Waals surface area contributed by atoms with Crippen molar-refractivity contribution < 1.29 is 27.5 Å². The Bertz CT molecular complexity index is 1340. The van der Waals surface area contributed by atoms with E-state index in [9.17, 15) is 22.8 Å². The monoisotopic (exact) mass is 551 g/mol. The van der Waals surface area contributed by atoms with Gasteiger partial charge < -0.3 is 19.9 Å². The van der Waals surface area contributed by atoms with Crippen LogP contribution in [-0.4, -0.2) is 54.8 Å². The number of alkyl halides is 3. The summed E-state index contributed by atoms with van der Waals surface area (Å²) >= 11 is 0. The normalized spacial score (nSPS) is 19.4. The van der Waals surface area contributed by atoms with Gasteiger partial charge in [-0.3, -0.25) is 9.59 Å². The lowest BCUT2D eigenvalue weighted by molar-refractivity contribution is -0.137. The Hall–Kier alpha value is -4.01. The SMILES string of the molecule is CNc1ccc(C(=O)N2CCCC3(CCCN(C(=O)c4ccc(Oc5ccc(C(F)(F)F)cc5)cc4)C3)C2)cc1. The number of nitrogens with one attached hydrogen (secondary N) is 1. The minimum Gasteiger partial charge on any atom is -0.457 e. The Morgan fingerprint density at radius 1 is 0.750 bits per heavy atom. The highest BCUT2D eigenvalue weighted by atomic mass is 19.4. The molecule has 1 spiro atoms. The summed E-state index contributed by atoms with van der Waals surface area (Å²) in [5.41, 5.74) is 1.27. The number of hydrogen-bond acceptors (Lipinski definition) is 4. The van der Waals surface area contributed by atoms with E-state index in [4.69, 9.17) is 4.74 Å². The molecule has 2 saturated heterocycles. The van der Waals surface area contributed by atoms with Crippen molar-refractivity contribution >= 4 is 17.5 Å². The number of halogens is 3. The van der Waals surface area contributed by atoms with E-state index in [0.717, 1.165) is 43.5 Å². The van der Waals surface area contributed by atoms with Gasteiger partial charge in [-0.25, -0.2) is 0 Å². The van der Waals surface area contributed by atoms with Gasteiger partial charge in [-0.2, -0.15) is 13.2 Å². The van der Waals surface area contributed by atoms with E-state index in [0.29, 0.717) is 43.1 Å². The van der Waals surface area contributed by atoms with E-state index in [1.54, 1.807) is 24.3 Å². The third-order valence-corrected chi connectivity index (χ3v) is 7.84. The minimum atomic E-state index is -4.41. The molecule has 2 aliphatic heterocycles. The Morgan fingerprint density at radius 3 is 1.65 bits per heavy atom. The molecule has 5 rings (SSSR count). The fourth-order valence-corrected chi connectivity index (χ4v) is 5.75. The molecule has 1 unspecified atom stereocenters.